The second kappa shape index (κ2) is 8.79. The van der Waals surface area contributed by atoms with Crippen molar-refractivity contribution in [1.29, 1.82) is 0 Å². The number of thioether (sulfide) groups is 1. The molecule has 4 rings (SSSR count). The molecular weight excluding hydrogens is 394 g/mol. The van der Waals surface area contributed by atoms with Crippen molar-refractivity contribution in [2.45, 2.75) is 31.5 Å². The molecule has 0 spiro atoms. The third-order valence-electron chi connectivity index (χ3n) is 5.19. The van der Waals surface area contributed by atoms with E-state index in [2.05, 4.69) is 23.6 Å². The first-order valence-electron chi connectivity index (χ1n) is 10.1. The van der Waals surface area contributed by atoms with Gasteiger partial charge in [0.25, 0.3) is 5.56 Å². The van der Waals surface area contributed by atoms with Crippen LogP contribution in [-0.2, 0) is 20.1 Å². The van der Waals surface area contributed by atoms with Crippen LogP contribution in [0.3, 0.4) is 0 Å². The van der Waals surface area contributed by atoms with Gasteiger partial charge in [-0.2, -0.15) is 0 Å². The molecule has 4 aromatic rings. The summed E-state index contributed by atoms with van der Waals surface area (Å²) in [5.74, 6) is 0.956. The first-order valence-corrected chi connectivity index (χ1v) is 11.1. The summed E-state index contributed by atoms with van der Waals surface area (Å²) >= 11 is 1.72. The topological polar surface area (TPSA) is 48.9 Å². The van der Waals surface area contributed by atoms with E-state index < -0.39 is 0 Å². The minimum Gasteiger partial charge on any atom is -0.325 e. The normalized spacial score (nSPS) is 11.3. The smallest absolute Gasteiger partial charge is 0.325 e. The summed E-state index contributed by atoms with van der Waals surface area (Å²) in [5.41, 5.74) is 2.78. The van der Waals surface area contributed by atoms with Crippen LogP contribution in [0.4, 0.5) is 0 Å². The molecule has 0 N–H and O–H groups in total. The van der Waals surface area contributed by atoms with Crippen molar-refractivity contribution >= 4 is 22.8 Å². The highest BCUT2D eigenvalue weighted by Crippen LogP contribution is 2.27. The first kappa shape index (κ1) is 20.3. The molecule has 0 aliphatic carbocycles. The molecule has 2 aromatic heterocycles. The largest absolute Gasteiger partial charge is 0.331 e. The molecular formula is C24H25N3O2S. The van der Waals surface area contributed by atoms with Crippen molar-refractivity contribution in [2.24, 2.45) is 7.05 Å². The maximum Gasteiger partial charge on any atom is 0.331 e. The van der Waals surface area contributed by atoms with Crippen molar-refractivity contribution in [3.05, 3.63) is 98.7 Å². The molecule has 30 heavy (non-hydrogen) atoms. The molecule has 0 saturated carbocycles. The van der Waals surface area contributed by atoms with Gasteiger partial charge in [-0.1, -0.05) is 67.6 Å². The van der Waals surface area contributed by atoms with E-state index in [0.29, 0.717) is 17.6 Å². The van der Waals surface area contributed by atoms with Gasteiger partial charge >= 0.3 is 5.69 Å². The lowest BCUT2D eigenvalue weighted by Crippen LogP contribution is -2.39. The quantitative estimate of drug-likeness (QED) is 0.424. The van der Waals surface area contributed by atoms with Crippen LogP contribution in [0.2, 0.25) is 0 Å². The molecule has 0 radical (unpaired) electrons. The van der Waals surface area contributed by atoms with E-state index in [4.69, 9.17) is 0 Å². The van der Waals surface area contributed by atoms with Crippen molar-refractivity contribution in [2.75, 3.05) is 5.75 Å². The van der Waals surface area contributed by atoms with Crippen LogP contribution in [0.15, 0.2) is 81.3 Å². The average molecular weight is 420 g/mol. The van der Waals surface area contributed by atoms with Crippen molar-refractivity contribution in [3.8, 4) is 0 Å². The molecule has 2 aromatic carbocycles. The summed E-state index contributed by atoms with van der Waals surface area (Å²) in [4.78, 5) is 26.5. The summed E-state index contributed by atoms with van der Waals surface area (Å²) in [5, 5.41) is 1.01. The molecule has 0 saturated heterocycles. The molecule has 2 heterocycles. The molecule has 154 valence electrons. The van der Waals surface area contributed by atoms with Crippen molar-refractivity contribution in [1.82, 2.24) is 13.7 Å². The van der Waals surface area contributed by atoms with Gasteiger partial charge in [0.05, 0.1) is 17.1 Å². The number of fused-ring (bicyclic) bond motifs is 1. The SMILES string of the molecule is CCCSc1cc2c(c(=O)n(Cc3ccccc3)c(=O)n2C)n1Cc1ccccc1. The standard InChI is InChI=1S/C24H25N3O2S/c1-3-14-30-21-15-20-22(26(21)16-18-10-6-4-7-11-18)23(28)27(24(29)25(20)2)17-19-12-8-5-9-13-19/h4-13,15H,3,14,16-17H2,1-2H3. The van der Waals surface area contributed by atoms with Gasteiger partial charge in [0.2, 0.25) is 0 Å². The zero-order valence-electron chi connectivity index (χ0n) is 17.2. The molecule has 0 amide bonds. The Kier molecular flexibility index (Phi) is 5.95. The zero-order valence-corrected chi connectivity index (χ0v) is 18.1. The van der Waals surface area contributed by atoms with Crippen LogP contribution in [0.5, 0.6) is 0 Å². The second-order valence-corrected chi connectivity index (χ2v) is 8.47. The molecule has 6 heteroatoms. The van der Waals surface area contributed by atoms with Gasteiger partial charge in [-0.15, -0.1) is 11.8 Å². The van der Waals surface area contributed by atoms with E-state index in [1.807, 2.05) is 54.6 Å². The second-order valence-electron chi connectivity index (χ2n) is 7.36. The Labute approximate surface area is 179 Å². The minimum absolute atomic E-state index is 0.240. The number of rotatable bonds is 7. The minimum atomic E-state index is -0.291. The van der Waals surface area contributed by atoms with Crippen molar-refractivity contribution in [3.63, 3.8) is 0 Å². The number of aromatic nitrogens is 3. The molecule has 0 aliphatic rings. The lowest BCUT2D eigenvalue weighted by Gasteiger charge is -2.12. The Hall–Kier alpha value is -2.99. The lowest BCUT2D eigenvalue weighted by molar-refractivity contribution is 0.652. The van der Waals surface area contributed by atoms with Gasteiger partial charge in [-0.3, -0.25) is 13.9 Å². The number of nitrogens with zero attached hydrogens (tertiary/aromatic N) is 3. The van der Waals surface area contributed by atoms with E-state index >= 15 is 0 Å². The van der Waals surface area contributed by atoms with Crippen LogP contribution < -0.4 is 11.2 Å². The molecule has 0 fully saturated rings. The lowest BCUT2D eigenvalue weighted by atomic mass is 10.2. The van der Waals surface area contributed by atoms with Gasteiger partial charge < -0.3 is 4.57 Å². The Morgan fingerprint density at radius 2 is 1.40 bits per heavy atom. The highest BCUT2D eigenvalue weighted by atomic mass is 32.2. The monoisotopic (exact) mass is 419 g/mol. The number of hydrogen-bond donors (Lipinski definition) is 0. The summed E-state index contributed by atoms with van der Waals surface area (Å²) in [7, 11) is 1.74. The van der Waals surface area contributed by atoms with E-state index in [1.54, 1.807) is 23.4 Å². The van der Waals surface area contributed by atoms with E-state index in [1.165, 1.54) is 4.57 Å². The molecule has 5 nitrogen and oxygen atoms in total. The number of hydrogen-bond acceptors (Lipinski definition) is 3. The Bertz CT molecular complexity index is 1270. The van der Waals surface area contributed by atoms with Crippen LogP contribution >= 0.6 is 11.8 Å². The summed E-state index contributed by atoms with van der Waals surface area (Å²) < 4.78 is 5.00. The fraction of sp³-hybridized carbons (Fsp3) is 0.250. The summed E-state index contributed by atoms with van der Waals surface area (Å²) in [6.45, 7) is 2.99. The fourth-order valence-electron chi connectivity index (χ4n) is 3.65. The zero-order chi connectivity index (χ0) is 21.1. The van der Waals surface area contributed by atoms with Gasteiger partial charge in [-0.05, 0) is 29.4 Å². The first-order chi connectivity index (χ1) is 14.6. The Morgan fingerprint density at radius 3 is 1.97 bits per heavy atom. The Balaban J connectivity index is 1.92. The molecule has 0 atom stereocenters. The third kappa shape index (κ3) is 3.87. The molecule has 0 bridgehead atoms. The van der Waals surface area contributed by atoms with Gasteiger partial charge in [0, 0.05) is 13.6 Å². The predicted molar refractivity (Wildman–Crippen MR) is 124 cm³/mol. The van der Waals surface area contributed by atoms with Gasteiger partial charge in [0.1, 0.15) is 5.52 Å². The molecule has 0 unspecified atom stereocenters. The maximum absolute atomic E-state index is 13.5. The van der Waals surface area contributed by atoms with Crippen LogP contribution in [0.25, 0.3) is 11.0 Å². The fourth-order valence-corrected chi connectivity index (χ4v) is 4.57. The van der Waals surface area contributed by atoms with Gasteiger partial charge in [0.15, 0.2) is 0 Å². The number of benzene rings is 2. The van der Waals surface area contributed by atoms with E-state index in [9.17, 15) is 9.59 Å². The summed E-state index contributed by atoms with van der Waals surface area (Å²) in [6.07, 6.45) is 1.04. The average Bonchev–Trinajstić information content (AvgIpc) is 3.13. The Morgan fingerprint density at radius 1 is 0.833 bits per heavy atom. The third-order valence-corrected chi connectivity index (χ3v) is 6.43. The predicted octanol–water partition coefficient (Wildman–Crippen LogP) is 4.10. The molecule has 0 aliphatic heterocycles. The maximum atomic E-state index is 13.5. The van der Waals surface area contributed by atoms with Crippen LogP contribution in [-0.4, -0.2) is 19.5 Å². The van der Waals surface area contributed by atoms with E-state index in [0.717, 1.165) is 28.3 Å². The summed E-state index contributed by atoms with van der Waals surface area (Å²) in [6, 6.07) is 21.7. The van der Waals surface area contributed by atoms with Crippen LogP contribution in [0, 0.1) is 0 Å². The van der Waals surface area contributed by atoms with Crippen molar-refractivity contribution < 1.29 is 0 Å². The van der Waals surface area contributed by atoms with E-state index in [-0.39, 0.29) is 17.8 Å². The highest BCUT2D eigenvalue weighted by molar-refractivity contribution is 7.99. The highest BCUT2D eigenvalue weighted by Gasteiger charge is 2.19. The number of aryl methyl sites for hydroxylation is 1. The van der Waals surface area contributed by atoms with Gasteiger partial charge in [-0.25, -0.2) is 4.79 Å². The van der Waals surface area contributed by atoms with Crippen LogP contribution in [0.1, 0.15) is 24.5 Å².